The van der Waals surface area contributed by atoms with Gasteiger partial charge in [0.05, 0.1) is 10.8 Å². The van der Waals surface area contributed by atoms with Crippen LogP contribution >= 0.6 is 0 Å². The van der Waals surface area contributed by atoms with Crippen LogP contribution in [0.2, 0.25) is 0 Å². The monoisotopic (exact) mass is 280 g/mol. The number of fused-ring (bicyclic) bond motifs is 1. The maximum Gasteiger partial charge on any atom is 0.162 e. The number of rotatable bonds is 2. The molecule has 0 aromatic heterocycles. The predicted molar refractivity (Wildman–Crippen MR) is 71.0 cm³/mol. The van der Waals surface area contributed by atoms with Crippen molar-refractivity contribution in [2.24, 2.45) is 5.92 Å². The molecule has 0 N–H and O–H groups in total. The highest BCUT2D eigenvalue weighted by Gasteiger charge is 2.35. The molecular weight excluding hydrogens is 264 g/mol. The average molecular weight is 280 g/mol. The zero-order chi connectivity index (χ0) is 13.4. The van der Waals surface area contributed by atoms with Gasteiger partial charge in [-0.25, -0.2) is 0 Å². The van der Waals surface area contributed by atoms with Crippen LogP contribution in [0.4, 0.5) is 0 Å². The van der Waals surface area contributed by atoms with E-state index in [0.29, 0.717) is 37.6 Å². The van der Waals surface area contributed by atoms with Crippen LogP contribution in [0.1, 0.15) is 19.8 Å². The topological polar surface area (TPSA) is 52.6 Å². The lowest BCUT2D eigenvalue weighted by molar-refractivity contribution is -0.120. The van der Waals surface area contributed by atoms with E-state index in [1.165, 1.54) is 0 Å². The van der Waals surface area contributed by atoms with Crippen molar-refractivity contribution in [3.05, 3.63) is 18.2 Å². The highest BCUT2D eigenvalue weighted by Crippen LogP contribution is 2.35. The van der Waals surface area contributed by atoms with Gasteiger partial charge in [-0.05, 0) is 18.6 Å². The number of ether oxygens (including phenoxy) is 2. The van der Waals surface area contributed by atoms with E-state index in [4.69, 9.17) is 9.47 Å². The molecule has 1 aliphatic carbocycles. The zero-order valence-electron chi connectivity index (χ0n) is 10.8. The number of carbonyl (C=O) groups excluding carboxylic acids is 1. The van der Waals surface area contributed by atoms with Crippen molar-refractivity contribution < 1.29 is 18.5 Å². The molecule has 1 heterocycles. The fourth-order valence-corrected chi connectivity index (χ4v) is 4.22. The van der Waals surface area contributed by atoms with Gasteiger partial charge in [0.2, 0.25) is 0 Å². The van der Waals surface area contributed by atoms with E-state index >= 15 is 0 Å². The Labute approximate surface area is 114 Å². The molecule has 1 fully saturated rings. The van der Waals surface area contributed by atoms with E-state index in [0.717, 1.165) is 4.90 Å². The molecule has 5 heteroatoms. The minimum Gasteiger partial charge on any atom is -0.486 e. The van der Waals surface area contributed by atoms with Gasteiger partial charge in [0.15, 0.2) is 11.5 Å². The first-order valence-electron chi connectivity index (χ1n) is 6.50. The average Bonchev–Trinajstić information content (AvgIpc) is 2.78. The lowest BCUT2D eigenvalue weighted by Crippen LogP contribution is -2.22. The number of Topliss-reactive ketones (excluding diaryl/α,β-unsaturated/α-hetero) is 1. The Morgan fingerprint density at radius 1 is 1.21 bits per heavy atom. The molecule has 1 aromatic rings. The molecule has 3 rings (SSSR count). The van der Waals surface area contributed by atoms with Gasteiger partial charge in [0.25, 0.3) is 0 Å². The van der Waals surface area contributed by atoms with Crippen molar-refractivity contribution in [1.29, 1.82) is 0 Å². The van der Waals surface area contributed by atoms with Crippen molar-refractivity contribution in [3.63, 3.8) is 0 Å². The molecule has 0 bridgehead atoms. The van der Waals surface area contributed by atoms with Crippen LogP contribution in [-0.4, -0.2) is 28.5 Å². The fourth-order valence-electron chi connectivity index (χ4n) is 2.59. The first kappa shape index (κ1) is 12.7. The van der Waals surface area contributed by atoms with Gasteiger partial charge < -0.3 is 9.47 Å². The summed E-state index contributed by atoms with van der Waals surface area (Å²) in [5, 5.41) is -0.0740. The maximum atomic E-state index is 12.6. The third-order valence-electron chi connectivity index (χ3n) is 3.76. The third-order valence-corrected chi connectivity index (χ3v) is 5.67. The van der Waals surface area contributed by atoms with Crippen LogP contribution < -0.4 is 9.47 Å². The van der Waals surface area contributed by atoms with Crippen molar-refractivity contribution in [2.45, 2.75) is 29.9 Å². The lowest BCUT2D eigenvalue weighted by Gasteiger charge is -2.20. The maximum absolute atomic E-state index is 12.6. The summed E-state index contributed by atoms with van der Waals surface area (Å²) in [7, 11) is -1.16. The normalized spacial score (nSPS) is 27.3. The number of hydrogen-bond donors (Lipinski definition) is 0. The Hall–Kier alpha value is -1.36. The fraction of sp³-hybridized carbons (Fsp3) is 0.500. The van der Waals surface area contributed by atoms with E-state index in [2.05, 4.69) is 0 Å². The van der Waals surface area contributed by atoms with Gasteiger partial charge in [0.1, 0.15) is 19.0 Å². The van der Waals surface area contributed by atoms with Crippen LogP contribution in [-0.2, 0) is 15.6 Å². The molecule has 0 spiro atoms. The van der Waals surface area contributed by atoms with Gasteiger partial charge in [0, 0.05) is 28.6 Å². The predicted octanol–water partition coefficient (Wildman–Crippen LogP) is 1.93. The molecule has 2 aliphatic rings. The van der Waals surface area contributed by atoms with Crippen LogP contribution in [0.5, 0.6) is 11.5 Å². The molecule has 0 radical (unpaired) electrons. The Balaban J connectivity index is 1.86. The highest BCUT2D eigenvalue weighted by atomic mass is 32.2. The van der Waals surface area contributed by atoms with E-state index in [1.807, 2.05) is 6.92 Å². The van der Waals surface area contributed by atoms with Crippen molar-refractivity contribution in [3.8, 4) is 11.5 Å². The van der Waals surface area contributed by atoms with Crippen molar-refractivity contribution in [2.75, 3.05) is 13.2 Å². The number of hydrogen-bond acceptors (Lipinski definition) is 4. The molecule has 1 aromatic carbocycles. The number of ketones is 1. The SMILES string of the molecule is CC1C(=O)CCC1S(=O)c1ccc2c(c1)OCCO2. The van der Waals surface area contributed by atoms with Gasteiger partial charge in [-0.2, -0.15) is 0 Å². The van der Waals surface area contributed by atoms with Crippen LogP contribution in [0.25, 0.3) is 0 Å². The Morgan fingerprint density at radius 2 is 1.95 bits per heavy atom. The molecule has 102 valence electrons. The summed E-state index contributed by atoms with van der Waals surface area (Å²) in [6, 6.07) is 5.38. The molecule has 3 atom stereocenters. The molecule has 0 saturated heterocycles. The second kappa shape index (κ2) is 4.96. The molecule has 1 saturated carbocycles. The summed E-state index contributed by atoms with van der Waals surface area (Å²) in [6.07, 6.45) is 1.25. The lowest BCUT2D eigenvalue weighted by atomic mass is 10.1. The minimum atomic E-state index is -1.16. The summed E-state index contributed by atoms with van der Waals surface area (Å²) >= 11 is 0. The highest BCUT2D eigenvalue weighted by molar-refractivity contribution is 7.85. The van der Waals surface area contributed by atoms with E-state index in [9.17, 15) is 9.00 Å². The standard InChI is InChI=1S/C14H16O4S/c1-9-11(15)3-5-14(9)19(16)10-2-4-12-13(8-10)18-7-6-17-12/h2,4,8-9,14H,3,5-7H2,1H3. The summed E-state index contributed by atoms with van der Waals surface area (Å²) < 4.78 is 23.5. The Morgan fingerprint density at radius 3 is 2.63 bits per heavy atom. The molecule has 19 heavy (non-hydrogen) atoms. The first-order chi connectivity index (χ1) is 9.16. The Kier molecular flexibility index (Phi) is 3.31. The summed E-state index contributed by atoms with van der Waals surface area (Å²) in [5.41, 5.74) is 0. The smallest absolute Gasteiger partial charge is 0.162 e. The molecule has 4 nitrogen and oxygen atoms in total. The molecular formula is C14H16O4S. The quantitative estimate of drug-likeness (QED) is 0.830. The van der Waals surface area contributed by atoms with Crippen LogP contribution in [0, 0.1) is 5.92 Å². The summed E-state index contributed by atoms with van der Waals surface area (Å²) in [5.74, 6) is 1.45. The molecule has 1 aliphatic heterocycles. The molecule has 3 unspecified atom stereocenters. The number of benzene rings is 1. The van der Waals surface area contributed by atoms with Crippen molar-refractivity contribution in [1.82, 2.24) is 0 Å². The van der Waals surface area contributed by atoms with Crippen LogP contribution in [0.3, 0.4) is 0 Å². The van der Waals surface area contributed by atoms with Gasteiger partial charge >= 0.3 is 0 Å². The number of carbonyl (C=O) groups is 1. The summed E-state index contributed by atoms with van der Waals surface area (Å²) in [6.45, 7) is 2.93. The van der Waals surface area contributed by atoms with Gasteiger partial charge in [-0.3, -0.25) is 9.00 Å². The first-order valence-corrected chi connectivity index (χ1v) is 7.71. The second-order valence-electron chi connectivity index (χ2n) is 4.93. The minimum absolute atomic E-state index is 0.0740. The van der Waals surface area contributed by atoms with E-state index < -0.39 is 10.8 Å². The van der Waals surface area contributed by atoms with E-state index in [1.54, 1.807) is 18.2 Å². The van der Waals surface area contributed by atoms with Gasteiger partial charge in [-0.1, -0.05) is 6.92 Å². The summed E-state index contributed by atoms with van der Waals surface area (Å²) in [4.78, 5) is 12.3. The Bertz CT molecular complexity index is 540. The van der Waals surface area contributed by atoms with Gasteiger partial charge in [-0.15, -0.1) is 0 Å². The molecule has 0 amide bonds. The second-order valence-corrected chi connectivity index (χ2v) is 6.61. The largest absolute Gasteiger partial charge is 0.486 e. The zero-order valence-corrected chi connectivity index (χ0v) is 11.6. The third kappa shape index (κ3) is 2.27. The van der Waals surface area contributed by atoms with E-state index in [-0.39, 0.29) is 17.0 Å². The van der Waals surface area contributed by atoms with Crippen LogP contribution in [0.15, 0.2) is 23.1 Å². The van der Waals surface area contributed by atoms with Crippen molar-refractivity contribution >= 4 is 16.6 Å².